The summed E-state index contributed by atoms with van der Waals surface area (Å²) in [6.45, 7) is 1.58. The molecule has 2 rings (SSSR count). The fourth-order valence-corrected chi connectivity index (χ4v) is 2.40. The zero-order valence-electron chi connectivity index (χ0n) is 15.1. The van der Waals surface area contributed by atoms with Crippen molar-refractivity contribution in [2.75, 3.05) is 13.7 Å². The molecule has 0 fully saturated rings. The number of hydrogen-bond donors (Lipinski definition) is 1. The first-order chi connectivity index (χ1) is 12.9. The van der Waals surface area contributed by atoms with Crippen LogP contribution >= 0.6 is 0 Å². The van der Waals surface area contributed by atoms with E-state index in [1.807, 2.05) is 6.07 Å². The molecule has 0 heterocycles. The Labute approximate surface area is 157 Å². The Morgan fingerprint density at radius 2 is 1.85 bits per heavy atom. The van der Waals surface area contributed by atoms with Gasteiger partial charge in [0, 0.05) is 13.6 Å². The van der Waals surface area contributed by atoms with Crippen LogP contribution in [0, 0.1) is 11.3 Å². The van der Waals surface area contributed by atoms with Crippen LogP contribution < -0.4 is 9.47 Å². The number of carboxylic acids is 1. The topological polar surface area (TPSA) is 99.9 Å². The fraction of sp³-hybridized carbons (Fsp3) is 0.250. The van der Waals surface area contributed by atoms with Crippen molar-refractivity contribution in [1.82, 2.24) is 4.90 Å². The van der Waals surface area contributed by atoms with Gasteiger partial charge in [0.05, 0.1) is 5.56 Å². The monoisotopic (exact) mass is 368 g/mol. The van der Waals surface area contributed by atoms with Crippen LogP contribution in [0.5, 0.6) is 11.5 Å². The van der Waals surface area contributed by atoms with Crippen LogP contribution in [0.2, 0.25) is 0 Å². The minimum atomic E-state index is -1.05. The maximum absolute atomic E-state index is 12.5. The van der Waals surface area contributed by atoms with Gasteiger partial charge in [-0.05, 0) is 36.8 Å². The normalized spacial score (nSPS) is 11.1. The number of ether oxygens (including phenoxy) is 2. The van der Waals surface area contributed by atoms with E-state index < -0.39 is 18.7 Å². The van der Waals surface area contributed by atoms with Gasteiger partial charge in [0.25, 0.3) is 5.91 Å². The lowest BCUT2D eigenvalue weighted by molar-refractivity contribution is -0.139. The molecule has 0 radical (unpaired) electrons. The summed E-state index contributed by atoms with van der Waals surface area (Å²) in [6.07, 6.45) is -0.748. The molecule has 1 unspecified atom stereocenters. The molecular weight excluding hydrogens is 348 g/mol. The number of carbonyl (C=O) groups is 2. The Morgan fingerprint density at radius 3 is 2.48 bits per heavy atom. The molecule has 7 nitrogen and oxygen atoms in total. The van der Waals surface area contributed by atoms with Gasteiger partial charge >= 0.3 is 5.97 Å². The van der Waals surface area contributed by atoms with Gasteiger partial charge in [0.1, 0.15) is 17.6 Å². The van der Waals surface area contributed by atoms with E-state index in [0.717, 1.165) is 5.56 Å². The summed E-state index contributed by atoms with van der Waals surface area (Å²) >= 11 is 0. The van der Waals surface area contributed by atoms with Crippen LogP contribution in [-0.2, 0) is 16.1 Å². The van der Waals surface area contributed by atoms with E-state index in [0.29, 0.717) is 23.6 Å². The number of hydrogen-bond acceptors (Lipinski definition) is 5. The minimum absolute atomic E-state index is 0.228. The predicted octanol–water partition coefficient (Wildman–Crippen LogP) is 2.45. The van der Waals surface area contributed by atoms with E-state index >= 15 is 0 Å². The summed E-state index contributed by atoms with van der Waals surface area (Å²) in [5.41, 5.74) is 1.23. The molecule has 0 aromatic heterocycles. The van der Waals surface area contributed by atoms with Crippen LogP contribution in [0.25, 0.3) is 0 Å². The van der Waals surface area contributed by atoms with Crippen molar-refractivity contribution in [2.24, 2.45) is 0 Å². The van der Waals surface area contributed by atoms with E-state index in [1.165, 1.54) is 4.90 Å². The summed E-state index contributed by atoms with van der Waals surface area (Å²) in [4.78, 5) is 24.5. The second-order valence-corrected chi connectivity index (χ2v) is 5.89. The quantitative estimate of drug-likeness (QED) is 0.768. The molecule has 140 valence electrons. The second-order valence-electron chi connectivity index (χ2n) is 5.89. The van der Waals surface area contributed by atoms with E-state index in [-0.39, 0.29) is 5.91 Å². The number of aliphatic carboxylic acids is 1. The predicted molar refractivity (Wildman–Crippen MR) is 97.3 cm³/mol. The number of likely N-dealkylation sites (N-methyl/N-ethyl adjacent to an activating group) is 1. The molecule has 2 aromatic rings. The smallest absolute Gasteiger partial charge is 0.341 e. The van der Waals surface area contributed by atoms with E-state index in [2.05, 4.69) is 0 Å². The van der Waals surface area contributed by atoms with Crippen molar-refractivity contribution >= 4 is 11.9 Å². The Bertz CT molecular complexity index is 842. The van der Waals surface area contributed by atoms with Gasteiger partial charge in [-0.2, -0.15) is 5.26 Å². The van der Waals surface area contributed by atoms with Crippen LogP contribution in [0.3, 0.4) is 0 Å². The Kier molecular flexibility index (Phi) is 6.78. The van der Waals surface area contributed by atoms with E-state index in [4.69, 9.17) is 19.8 Å². The number of nitriles is 1. The third kappa shape index (κ3) is 5.75. The molecule has 0 saturated carbocycles. The van der Waals surface area contributed by atoms with Crippen LogP contribution in [0.15, 0.2) is 48.5 Å². The third-order valence-corrected chi connectivity index (χ3v) is 3.74. The maximum Gasteiger partial charge on any atom is 0.341 e. The number of carbonyl (C=O) groups excluding carboxylic acids is 1. The Balaban J connectivity index is 1.94. The molecule has 0 bridgehead atoms. The lowest BCUT2D eigenvalue weighted by Crippen LogP contribution is -2.37. The van der Waals surface area contributed by atoms with Crippen molar-refractivity contribution in [3.63, 3.8) is 0 Å². The van der Waals surface area contributed by atoms with Crippen LogP contribution in [0.1, 0.15) is 18.1 Å². The Hall–Kier alpha value is -3.53. The molecule has 0 aliphatic heterocycles. The zero-order valence-corrected chi connectivity index (χ0v) is 15.1. The highest BCUT2D eigenvalue weighted by atomic mass is 16.5. The summed E-state index contributed by atoms with van der Waals surface area (Å²) in [5, 5.41) is 17.7. The summed E-state index contributed by atoms with van der Waals surface area (Å²) < 4.78 is 10.7. The summed E-state index contributed by atoms with van der Waals surface area (Å²) in [5.74, 6) is -0.459. The van der Waals surface area contributed by atoms with Gasteiger partial charge < -0.3 is 19.5 Å². The number of nitrogens with zero attached hydrogens (tertiary/aromatic N) is 2. The largest absolute Gasteiger partial charge is 0.482 e. The van der Waals surface area contributed by atoms with Crippen molar-refractivity contribution in [2.45, 2.75) is 19.6 Å². The van der Waals surface area contributed by atoms with Crippen molar-refractivity contribution < 1.29 is 24.2 Å². The Morgan fingerprint density at radius 1 is 1.19 bits per heavy atom. The van der Waals surface area contributed by atoms with Crippen molar-refractivity contribution in [3.8, 4) is 17.6 Å². The molecule has 27 heavy (non-hydrogen) atoms. The van der Waals surface area contributed by atoms with Crippen LogP contribution in [0.4, 0.5) is 0 Å². The van der Waals surface area contributed by atoms with Crippen LogP contribution in [-0.4, -0.2) is 41.6 Å². The minimum Gasteiger partial charge on any atom is -0.482 e. The number of rotatable bonds is 8. The molecular formula is C20H20N2O5. The molecule has 0 saturated heterocycles. The average molecular weight is 368 g/mol. The highest BCUT2D eigenvalue weighted by Gasteiger charge is 2.20. The molecule has 0 aliphatic carbocycles. The number of para-hydroxylation sites is 1. The number of carboxylic acid groups (broad SMARTS) is 1. The van der Waals surface area contributed by atoms with Gasteiger partial charge in [0.2, 0.25) is 0 Å². The van der Waals surface area contributed by atoms with Crippen molar-refractivity contribution in [1.29, 1.82) is 5.26 Å². The molecule has 0 spiro atoms. The molecule has 0 aliphatic rings. The van der Waals surface area contributed by atoms with Gasteiger partial charge in [-0.25, -0.2) is 4.79 Å². The van der Waals surface area contributed by atoms with Gasteiger partial charge in [-0.15, -0.1) is 0 Å². The standard InChI is InChI=1S/C20H20N2O5/c1-14(27-18-6-4-3-5-16(18)11-21)20(25)22(2)12-15-7-9-17(10-8-15)26-13-19(23)24/h3-10,14H,12-13H2,1-2H3,(H,23,24). The first-order valence-electron chi connectivity index (χ1n) is 8.25. The van der Waals surface area contributed by atoms with Gasteiger partial charge in [-0.1, -0.05) is 24.3 Å². The first-order valence-corrected chi connectivity index (χ1v) is 8.25. The highest BCUT2D eigenvalue weighted by molar-refractivity contribution is 5.80. The van der Waals surface area contributed by atoms with E-state index in [1.54, 1.807) is 62.5 Å². The fourth-order valence-electron chi connectivity index (χ4n) is 2.40. The van der Waals surface area contributed by atoms with E-state index in [9.17, 15) is 9.59 Å². The highest BCUT2D eigenvalue weighted by Crippen LogP contribution is 2.19. The zero-order chi connectivity index (χ0) is 19.8. The van der Waals surface area contributed by atoms with Gasteiger partial charge in [-0.3, -0.25) is 4.79 Å². The number of amides is 1. The average Bonchev–Trinajstić information content (AvgIpc) is 2.67. The molecule has 2 aromatic carbocycles. The lowest BCUT2D eigenvalue weighted by Gasteiger charge is -2.22. The second kappa shape index (κ2) is 9.25. The first kappa shape index (κ1) is 19.8. The SMILES string of the molecule is CC(Oc1ccccc1C#N)C(=O)N(C)Cc1ccc(OCC(=O)O)cc1. The summed E-state index contributed by atoms with van der Waals surface area (Å²) in [7, 11) is 1.66. The molecule has 7 heteroatoms. The van der Waals surface area contributed by atoms with Crippen molar-refractivity contribution in [3.05, 3.63) is 59.7 Å². The number of benzene rings is 2. The molecule has 1 atom stereocenters. The lowest BCUT2D eigenvalue weighted by atomic mass is 10.2. The maximum atomic E-state index is 12.5. The third-order valence-electron chi connectivity index (χ3n) is 3.74. The molecule has 1 N–H and O–H groups in total. The summed E-state index contributed by atoms with van der Waals surface area (Å²) in [6, 6.07) is 15.6. The molecule has 1 amide bonds. The van der Waals surface area contributed by atoms with Gasteiger partial charge in [0.15, 0.2) is 12.7 Å².